The van der Waals surface area contributed by atoms with E-state index in [1.54, 1.807) is 0 Å². The third-order valence-corrected chi connectivity index (χ3v) is 3.77. The molecule has 0 aromatic carbocycles. The Morgan fingerprint density at radius 3 is 2.27 bits per heavy atom. The fraction of sp³-hybridized carbons (Fsp3) is 1.00. The van der Waals surface area contributed by atoms with Crippen molar-refractivity contribution in [2.75, 3.05) is 26.2 Å². The van der Waals surface area contributed by atoms with E-state index in [-0.39, 0.29) is 0 Å². The van der Waals surface area contributed by atoms with Crippen LogP contribution in [0.5, 0.6) is 0 Å². The minimum Gasteiger partial charge on any atom is -0.315 e. The van der Waals surface area contributed by atoms with Crippen LogP contribution in [0.2, 0.25) is 0 Å². The average molecular weight is 212 g/mol. The SMILES string of the molecule is CCNCC(CC)N1CCC(C)(C)CC1. The van der Waals surface area contributed by atoms with Gasteiger partial charge < -0.3 is 5.32 Å². The molecule has 1 heterocycles. The summed E-state index contributed by atoms with van der Waals surface area (Å²) in [5.41, 5.74) is 0.576. The monoisotopic (exact) mass is 212 g/mol. The second-order valence-electron chi connectivity index (χ2n) is 5.57. The zero-order chi connectivity index (χ0) is 11.3. The van der Waals surface area contributed by atoms with E-state index >= 15 is 0 Å². The third-order valence-electron chi connectivity index (χ3n) is 3.77. The smallest absolute Gasteiger partial charge is 0.0218 e. The largest absolute Gasteiger partial charge is 0.315 e. The molecule has 1 saturated heterocycles. The van der Waals surface area contributed by atoms with Gasteiger partial charge in [-0.25, -0.2) is 0 Å². The van der Waals surface area contributed by atoms with Gasteiger partial charge in [0.05, 0.1) is 0 Å². The zero-order valence-corrected chi connectivity index (χ0v) is 11.0. The number of likely N-dealkylation sites (N-methyl/N-ethyl adjacent to an activating group) is 1. The van der Waals surface area contributed by atoms with Crippen molar-refractivity contribution in [3.8, 4) is 0 Å². The maximum Gasteiger partial charge on any atom is 0.0218 e. The standard InChI is InChI=1S/C13H28N2/c1-5-12(11-14-6-2)15-9-7-13(3,4)8-10-15/h12,14H,5-11H2,1-4H3. The predicted molar refractivity (Wildman–Crippen MR) is 67.2 cm³/mol. The van der Waals surface area contributed by atoms with Crippen LogP contribution in [0.1, 0.15) is 47.0 Å². The second-order valence-corrected chi connectivity index (χ2v) is 5.57. The molecule has 0 bridgehead atoms. The normalized spacial score (nSPS) is 24.0. The molecule has 1 aliphatic rings. The topological polar surface area (TPSA) is 15.3 Å². The molecule has 1 fully saturated rings. The summed E-state index contributed by atoms with van der Waals surface area (Å²) in [6, 6.07) is 0.751. The van der Waals surface area contributed by atoms with Crippen LogP contribution in [0.25, 0.3) is 0 Å². The highest BCUT2D eigenvalue weighted by Crippen LogP contribution is 2.30. The summed E-state index contributed by atoms with van der Waals surface area (Å²) in [4.78, 5) is 2.67. The van der Waals surface area contributed by atoms with E-state index in [0.29, 0.717) is 5.41 Å². The number of likely N-dealkylation sites (tertiary alicyclic amines) is 1. The lowest BCUT2D eigenvalue weighted by Gasteiger charge is -2.41. The summed E-state index contributed by atoms with van der Waals surface area (Å²) < 4.78 is 0. The van der Waals surface area contributed by atoms with Gasteiger partial charge in [-0.1, -0.05) is 27.7 Å². The lowest BCUT2D eigenvalue weighted by molar-refractivity contribution is 0.0913. The molecule has 1 rings (SSSR count). The van der Waals surface area contributed by atoms with Crippen LogP contribution >= 0.6 is 0 Å². The van der Waals surface area contributed by atoms with Crippen molar-refractivity contribution in [2.24, 2.45) is 5.41 Å². The molecule has 0 radical (unpaired) electrons. The summed E-state index contributed by atoms with van der Waals surface area (Å²) in [7, 11) is 0. The van der Waals surface area contributed by atoms with Crippen LogP contribution in [0.4, 0.5) is 0 Å². The van der Waals surface area contributed by atoms with Crippen molar-refractivity contribution in [2.45, 2.75) is 53.0 Å². The van der Waals surface area contributed by atoms with Crippen molar-refractivity contribution >= 4 is 0 Å². The van der Waals surface area contributed by atoms with Crippen LogP contribution in [0.15, 0.2) is 0 Å². The molecule has 2 heteroatoms. The Kier molecular flexibility index (Phi) is 5.07. The highest BCUT2D eigenvalue weighted by Gasteiger charge is 2.28. The Balaban J connectivity index is 2.35. The number of hydrogen-bond acceptors (Lipinski definition) is 2. The molecule has 2 nitrogen and oxygen atoms in total. The summed E-state index contributed by atoms with van der Waals surface area (Å²) in [5, 5.41) is 3.48. The Labute approximate surface area is 95.4 Å². The number of rotatable bonds is 5. The van der Waals surface area contributed by atoms with Crippen molar-refractivity contribution in [1.29, 1.82) is 0 Å². The maximum atomic E-state index is 3.48. The van der Waals surface area contributed by atoms with Crippen LogP contribution in [-0.2, 0) is 0 Å². The molecular weight excluding hydrogens is 184 g/mol. The van der Waals surface area contributed by atoms with E-state index in [0.717, 1.165) is 19.1 Å². The maximum absolute atomic E-state index is 3.48. The van der Waals surface area contributed by atoms with Gasteiger partial charge in [0, 0.05) is 12.6 Å². The van der Waals surface area contributed by atoms with Gasteiger partial charge >= 0.3 is 0 Å². The first-order valence-electron chi connectivity index (χ1n) is 6.54. The van der Waals surface area contributed by atoms with E-state index in [1.807, 2.05) is 0 Å². The van der Waals surface area contributed by atoms with Gasteiger partial charge in [0.1, 0.15) is 0 Å². The molecule has 1 atom stereocenters. The van der Waals surface area contributed by atoms with Crippen molar-refractivity contribution in [3.63, 3.8) is 0 Å². The van der Waals surface area contributed by atoms with Crippen LogP contribution in [-0.4, -0.2) is 37.1 Å². The molecule has 0 amide bonds. The Bertz CT molecular complexity index is 167. The summed E-state index contributed by atoms with van der Waals surface area (Å²) in [6.45, 7) is 14.1. The Hall–Kier alpha value is -0.0800. The highest BCUT2D eigenvalue weighted by molar-refractivity contribution is 4.83. The highest BCUT2D eigenvalue weighted by atomic mass is 15.2. The van der Waals surface area contributed by atoms with Gasteiger partial charge in [-0.05, 0) is 44.3 Å². The molecule has 1 unspecified atom stereocenters. The minimum atomic E-state index is 0.576. The Morgan fingerprint density at radius 1 is 1.20 bits per heavy atom. The van der Waals surface area contributed by atoms with Gasteiger partial charge in [0.2, 0.25) is 0 Å². The molecule has 0 spiro atoms. The molecule has 90 valence electrons. The number of hydrogen-bond donors (Lipinski definition) is 1. The zero-order valence-electron chi connectivity index (χ0n) is 11.0. The number of nitrogens with zero attached hydrogens (tertiary/aromatic N) is 1. The number of piperidine rings is 1. The van der Waals surface area contributed by atoms with E-state index in [9.17, 15) is 0 Å². The minimum absolute atomic E-state index is 0.576. The third kappa shape index (κ3) is 4.12. The molecule has 0 aliphatic carbocycles. The predicted octanol–water partition coefficient (Wildman–Crippen LogP) is 2.50. The fourth-order valence-electron chi connectivity index (χ4n) is 2.34. The van der Waals surface area contributed by atoms with E-state index in [4.69, 9.17) is 0 Å². The lowest BCUT2D eigenvalue weighted by atomic mass is 9.82. The van der Waals surface area contributed by atoms with Crippen molar-refractivity contribution < 1.29 is 0 Å². The van der Waals surface area contributed by atoms with Crippen molar-refractivity contribution in [1.82, 2.24) is 10.2 Å². The van der Waals surface area contributed by atoms with Crippen LogP contribution in [0, 0.1) is 5.41 Å². The first kappa shape index (κ1) is 13.0. The second kappa shape index (κ2) is 5.86. The first-order chi connectivity index (χ1) is 7.09. The first-order valence-corrected chi connectivity index (χ1v) is 6.54. The van der Waals surface area contributed by atoms with Gasteiger partial charge in [-0.2, -0.15) is 0 Å². The summed E-state index contributed by atoms with van der Waals surface area (Å²) in [5.74, 6) is 0. The average Bonchev–Trinajstić information content (AvgIpc) is 2.21. The summed E-state index contributed by atoms with van der Waals surface area (Å²) in [6.07, 6.45) is 3.98. The molecule has 1 N–H and O–H groups in total. The van der Waals surface area contributed by atoms with Gasteiger partial charge in [-0.3, -0.25) is 4.90 Å². The molecule has 1 aliphatic heterocycles. The molecule has 0 aromatic heterocycles. The summed E-state index contributed by atoms with van der Waals surface area (Å²) >= 11 is 0. The van der Waals surface area contributed by atoms with E-state index in [2.05, 4.69) is 37.9 Å². The Morgan fingerprint density at radius 2 is 1.80 bits per heavy atom. The van der Waals surface area contributed by atoms with Crippen LogP contribution < -0.4 is 5.32 Å². The van der Waals surface area contributed by atoms with Crippen molar-refractivity contribution in [3.05, 3.63) is 0 Å². The number of nitrogens with one attached hydrogen (secondary N) is 1. The molecular formula is C13H28N2. The quantitative estimate of drug-likeness (QED) is 0.753. The molecule has 0 saturated carbocycles. The fourth-order valence-corrected chi connectivity index (χ4v) is 2.34. The van der Waals surface area contributed by atoms with Gasteiger partial charge in [-0.15, -0.1) is 0 Å². The van der Waals surface area contributed by atoms with Gasteiger partial charge in [0.25, 0.3) is 0 Å². The van der Waals surface area contributed by atoms with E-state index in [1.165, 1.54) is 32.4 Å². The molecule has 0 aromatic rings. The van der Waals surface area contributed by atoms with Crippen LogP contribution in [0.3, 0.4) is 0 Å². The molecule has 15 heavy (non-hydrogen) atoms. The van der Waals surface area contributed by atoms with E-state index < -0.39 is 0 Å². The lowest BCUT2D eigenvalue weighted by Crippen LogP contribution is -2.47. The van der Waals surface area contributed by atoms with Gasteiger partial charge in [0.15, 0.2) is 0 Å².